The van der Waals surface area contributed by atoms with Gasteiger partial charge < -0.3 is 10.6 Å². The number of nitrogens with zero attached hydrogens (tertiary/aromatic N) is 1. The number of hydrogen-bond donors (Lipinski definition) is 2. The molecule has 7 heteroatoms. The zero-order chi connectivity index (χ0) is 15.0. The van der Waals surface area contributed by atoms with Gasteiger partial charge in [0.1, 0.15) is 0 Å². The summed E-state index contributed by atoms with van der Waals surface area (Å²) in [6.07, 6.45) is 0. The Hall–Kier alpha value is -1.91. The van der Waals surface area contributed by atoms with Crippen LogP contribution in [0.2, 0.25) is 0 Å². The van der Waals surface area contributed by atoms with Gasteiger partial charge in [0.15, 0.2) is 9.84 Å². The molecule has 6 nitrogen and oxygen atoms in total. The van der Waals surface area contributed by atoms with Crippen LogP contribution in [0.25, 0.3) is 0 Å². The Balaban J connectivity index is 2.54. The first kappa shape index (κ1) is 16.1. The molecular weight excluding hydrogens is 278 g/mol. The molecule has 0 bridgehead atoms. The van der Waals surface area contributed by atoms with Gasteiger partial charge in [-0.3, -0.25) is 4.79 Å². The maximum absolute atomic E-state index is 12.0. The maximum Gasteiger partial charge on any atom is 0.233 e. The van der Waals surface area contributed by atoms with Crippen LogP contribution in [0, 0.1) is 11.3 Å². The lowest BCUT2D eigenvalue weighted by Gasteiger charge is -2.06. The van der Waals surface area contributed by atoms with Crippen molar-refractivity contribution in [2.24, 2.45) is 0 Å². The van der Waals surface area contributed by atoms with Crippen molar-refractivity contribution in [2.45, 2.75) is 11.8 Å². The van der Waals surface area contributed by atoms with Crippen LogP contribution in [-0.2, 0) is 14.6 Å². The van der Waals surface area contributed by atoms with E-state index in [1.807, 2.05) is 13.0 Å². The van der Waals surface area contributed by atoms with Crippen molar-refractivity contribution in [3.63, 3.8) is 0 Å². The van der Waals surface area contributed by atoms with E-state index in [9.17, 15) is 13.2 Å². The second kappa shape index (κ2) is 7.62. The fourth-order valence-electron chi connectivity index (χ4n) is 1.55. The summed E-state index contributed by atoms with van der Waals surface area (Å²) in [6.45, 7) is 2.61. The number of carbonyl (C=O) groups excluding carboxylic acids is 1. The molecule has 0 unspecified atom stereocenters. The van der Waals surface area contributed by atoms with E-state index in [0.29, 0.717) is 12.1 Å². The van der Waals surface area contributed by atoms with Gasteiger partial charge in [0.25, 0.3) is 0 Å². The molecule has 1 amide bonds. The van der Waals surface area contributed by atoms with Crippen molar-refractivity contribution < 1.29 is 13.2 Å². The number of amides is 1. The van der Waals surface area contributed by atoms with Gasteiger partial charge in [-0.05, 0) is 25.1 Å². The molecule has 0 aliphatic rings. The van der Waals surface area contributed by atoms with Gasteiger partial charge in [0, 0.05) is 13.1 Å². The number of nitriles is 1. The molecule has 0 spiro atoms. The SMILES string of the molecule is CCNC(=O)CNCCS(=O)(=O)c1cccc(C#N)c1. The van der Waals surface area contributed by atoms with E-state index in [0.717, 1.165) is 0 Å². The summed E-state index contributed by atoms with van der Waals surface area (Å²) in [7, 11) is -3.45. The minimum Gasteiger partial charge on any atom is -0.355 e. The molecular formula is C13H17N3O3S. The third kappa shape index (κ3) is 4.99. The van der Waals surface area contributed by atoms with Crippen LogP contribution in [0.5, 0.6) is 0 Å². The van der Waals surface area contributed by atoms with E-state index < -0.39 is 9.84 Å². The quantitative estimate of drug-likeness (QED) is 0.693. The highest BCUT2D eigenvalue weighted by Crippen LogP contribution is 2.12. The van der Waals surface area contributed by atoms with Crippen molar-refractivity contribution in [1.82, 2.24) is 10.6 Å². The Labute approximate surface area is 118 Å². The van der Waals surface area contributed by atoms with Crippen molar-refractivity contribution >= 4 is 15.7 Å². The summed E-state index contributed by atoms with van der Waals surface area (Å²) < 4.78 is 24.0. The largest absolute Gasteiger partial charge is 0.355 e. The van der Waals surface area contributed by atoms with Crippen LogP contribution in [0.4, 0.5) is 0 Å². The number of sulfone groups is 1. The Morgan fingerprint density at radius 2 is 2.15 bits per heavy atom. The number of likely N-dealkylation sites (N-methyl/N-ethyl adjacent to an activating group) is 1. The second-order valence-corrected chi connectivity index (χ2v) is 6.20. The average molecular weight is 295 g/mol. The zero-order valence-electron chi connectivity index (χ0n) is 11.2. The molecule has 0 fully saturated rings. The van der Waals surface area contributed by atoms with Crippen LogP contribution in [0.15, 0.2) is 29.2 Å². The Morgan fingerprint density at radius 3 is 2.80 bits per heavy atom. The van der Waals surface area contributed by atoms with Crippen LogP contribution in [0.1, 0.15) is 12.5 Å². The van der Waals surface area contributed by atoms with Gasteiger partial charge in [-0.2, -0.15) is 5.26 Å². The molecule has 2 N–H and O–H groups in total. The summed E-state index contributed by atoms with van der Waals surface area (Å²) >= 11 is 0. The predicted octanol–water partition coefficient (Wildman–Crippen LogP) is 0.0577. The van der Waals surface area contributed by atoms with E-state index >= 15 is 0 Å². The number of rotatable bonds is 7. The lowest BCUT2D eigenvalue weighted by atomic mass is 10.2. The molecule has 0 atom stereocenters. The number of nitrogens with one attached hydrogen (secondary N) is 2. The maximum atomic E-state index is 12.0. The van der Waals surface area contributed by atoms with Crippen LogP contribution in [0.3, 0.4) is 0 Å². The summed E-state index contributed by atoms with van der Waals surface area (Å²) in [5.41, 5.74) is 0.307. The average Bonchev–Trinajstić information content (AvgIpc) is 2.44. The molecule has 108 valence electrons. The normalized spacial score (nSPS) is 10.8. The third-order valence-electron chi connectivity index (χ3n) is 2.53. The minimum absolute atomic E-state index is 0.0849. The van der Waals surface area contributed by atoms with Crippen LogP contribution in [-0.4, -0.2) is 39.7 Å². The summed E-state index contributed by atoms with van der Waals surface area (Å²) in [5, 5.41) is 14.1. The molecule has 0 heterocycles. The van der Waals surface area contributed by atoms with Gasteiger partial charge in [0.2, 0.25) is 5.91 Å². The highest BCUT2D eigenvalue weighted by Gasteiger charge is 2.14. The zero-order valence-corrected chi connectivity index (χ0v) is 12.0. The molecule has 1 rings (SSSR count). The molecule has 20 heavy (non-hydrogen) atoms. The summed E-state index contributed by atoms with van der Waals surface area (Å²) in [6, 6.07) is 7.79. The topological polar surface area (TPSA) is 99.1 Å². The predicted molar refractivity (Wildman–Crippen MR) is 74.8 cm³/mol. The fraction of sp³-hybridized carbons (Fsp3) is 0.385. The second-order valence-electron chi connectivity index (χ2n) is 4.09. The third-order valence-corrected chi connectivity index (χ3v) is 4.24. The highest BCUT2D eigenvalue weighted by molar-refractivity contribution is 7.91. The molecule has 0 saturated carbocycles. The van der Waals surface area contributed by atoms with Crippen molar-refractivity contribution in [1.29, 1.82) is 5.26 Å². The van der Waals surface area contributed by atoms with Gasteiger partial charge >= 0.3 is 0 Å². The number of carbonyl (C=O) groups is 1. The van der Waals surface area contributed by atoms with E-state index in [4.69, 9.17) is 5.26 Å². The van der Waals surface area contributed by atoms with E-state index in [1.54, 1.807) is 6.07 Å². The minimum atomic E-state index is -3.45. The molecule has 0 aromatic heterocycles. The Bertz CT molecular complexity index is 606. The van der Waals surface area contributed by atoms with E-state index in [-0.39, 0.29) is 29.6 Å². The van der Waals surface area contributed by atoms with Crippen LogP contribution < -0.4 is 10.6 Å². The van der Waals surface area contributed by atoms with Crippen molar-refractivity contribution in [3.8, 4) is 6.07 Å². The van der Waals surface area contributed by atoms with Gasteiger partial charge in [-0.15, -0.1) is 0 Å². The molecule has 0 saturated heterocycles. The Kier molecular flexibility index (Phi) is 6.15. The first-order valence-electron chi connectivity index (χ1n) is 6.20. The number of hydrogen-bond acceptors (Lipinski definition) is 5. The van der Waals surface area contributed by atoms with E-state index in [2.05, 4.69) is 10.6 Å². The standard InChI is InChI=1S/C13H17N3O3S/c1-2-16-13(17)10-15-6-7-20(18,19)12-5-3-4-11(8-12)9-14/h3-5,8,15H,2,6-7,10H2,1H3,(H,16,17). The fourth-order valence-corrected chi connectivity index (χ4v) is 2.79. The molecule has 1 aromatic carbocycles. The molecule has 0 aliphatic carbocycles. The Morgan fingerprint density at radius 1 is 1.40 bits per heavy atom. The first-order chi connectivity index (χ1) is 9.49. The van der Waals surface area contributed by atoms with Crippen molar-refractivity contribution in [2.75, 3.05) is 25.4 Å². The monoisotopic (exact) mass is 295 g/mol. The van der Waals surface area contributed by atoms with E-state index in [1.165, 1.54) is 18.2 Å². The molecule has 0 aliphatic heterocycles. The van der Waals surface area contributed by atoms with Gasteiger partial charge in [-0.25, -0.2) is 8.42 Å². The smallest absolute Gasteiger partial charge is 0.233 e. The lowest BCUT2D eigenvalue weighted by molar-refractivity contribution is -0.120. The summed E-state index contributed by atoms with van der Waals surface area (Å²) in [5.74, 6) is -0.294. The van der Waals surface area contributed by atoms with Crippen LogP contribution >= 0.6 is 0 Å². The lowest BCUT2D eigenvalue weighted by Crippen LogP contribution is -2.35. The molecule has 1 aromatic rings. The molecule has 0 radical (unpaired) electrons. The highest BCUT2D eigenvalue weighted by atomic mass is 32.2. The first-order valence-corrected chi connectivity index (χ1v) is 7.85. The van der Waals surface area contributed by atoms with Gasteiger partial charge in [-0.1, -0.05) is 6.07 Å². The summed E-state index contributed by atoms with van der Waals surface area (Å²) in [4.78, 5) is 11.3. The van der Waals surface area contributed by atoms with Crippen molar-refractivity contribution in [3.05, 3.63) is 29.8 Å². The van der Waals surface area contributed by atoms with Gasteiger partial charge in [0.05, 0.1) is 28.8 Å². The number of benzene rings is 1.